The van der Waals surface area contributed by atoms with E-state index in [0.29, 0.717) is 0 Å². The zero-order valence-electron chi connectivity index (χ0n) is 2.29. The number of hydrogen-bond acceptors (Lipinski definition) is 0. The molecule has 0 aromatic rings. The van der Waals surface area contributed by atoms with Crippen molar-refractivity contribution in [1.29, 1.82) is 0 Å². The van der Waals surface area contributed by atoms with Crippen molar-refractivity contribution in [2.75, 3.05) is 0 Å². The van der Waals surface area contributed by atoms with Crippen LogP contribution in [0.15, 0.2) is 12.7 Å². The third kappa shape index (κ3) is 2.48. The SMILES string of the molecule is C=C[CH2][Au]. The van der Waals surface area contributed by atoms with Crippen LogP contribution < -0.4 is 0 Å². The van der Waals surface area contributed by atoms with E-state index < -0.39 is 0 Å². The van der Waals surface area contributed by atoms with Crippen LogP contribution in [0.5, 0.6) is 0 Å². The van der Waals surface area contributed by atoms with Crippen molar-refractivity contribution in [1.82, 2.24) is 0 Å². The molecule has 0 nitrogen and oxygen atoms in total. The standard InChI is InChI=1S/C3H5.Au/c1-3-2;/h3H,1-2H2;. The molecule has 0 amide bonds. The first-order valence-electron chi connectivity index (χ1n) is 1.03. The van der Waals surface area contributed by atoms with Gasteiger partial charge in [0, 0.05) is 0 Å². The van der Waals surface area contributed by atoms with Gasteiger partial charge in [0.05, 0.1) is 0 Å². The van der Waals surface area contributed by atoms with Crippen LogP contribution in [0.1, 0.15) is 0 Å². The van der Waals surface area contributed by atoms with Gasteiger partial charge in [0.1, 0.15) is 0 Å². The molecule has 28 valence electrons. The van der Waals surface area contributed by atoms with Crippen LogP contribution in [0.4, 0.5) is 0 Å². The van der Waals surface area contributed by atoms with Crippen molar-refractivity contribution in [2.45, 2.75) is 4.64 Å². The monoisotopic (exact) mass is 238 g/mol. The van der Waals surface area contributed by atoms with Crippen LogP contribution in [0.2, 0.25) is 4.64 Å². The Labute approximate surface area is 38.8 Å². The molecule has 0 N–H and O–H groups in total. The Morgan fingerprint density at radius 1 is 2.00 bits per heavy atom. The summed E-state index contributed by atoms with van der Waals surface area (Å²) >= 11 is 2.38. The third-order valence-corrected chi connectivity index (χ3v) is 0.712. The summed E-state index contributed by atoms with van der Waals surface area (Å²) in [6.07, 6.45) is 1.85. The van der Waals surface area contributed by atoms with Crippen LogP contribution in [-0.2, 0) is 21.1 Å². The second kappa shape index (κ2) is 3.48. The summed E-state index contributed by atoms with van der Waals surface area (Å²) < 4.78 is 1.03. The van der Waals surface area contributed by atoms with Gasteiger partial charge < -0.3 is 0 Å². The van der Waals surface area contributed by atoms with E-state index in [4.69, 9.17) is 0 Å². The summed E-state index contributed by atoms with van der Waals surface area (Å²) in [7, 11) is 0. The Kier molecular flexibility index (Phi) is 3.90. The molecule has 0 spiro atoms. The molecule has 0 aliphatic carbocycles. The molecule has 0 fully saturated rings. The van der Waals surface area contributed by atoms with E-state index in [0.717, 1.165) is 4.64 Å². The molecule has 0 saturated carbocycles. The van der Waals surface area contributed by atoms with E-state index in [1.165, 1.54) is 0 Å². The Morgan fingerprint density at radius 3 is 2.25 bits per heavy atom. The molecule has 0 aromatic carbocycles. The second-order valence-electron chi connectivity index (χ2n) is 0.412. The van der Waals surface area contributed by atoms with Crippen LogP contribution in [0.3, 0.4) is 0 Å². The minimum atomic E-state index is 1.03. The van der Waals surface area contributed by atoms with Gasteiger partial charge in [0.15, 0.2) is 0 Å². The number of rotatable bonds is 1. The fourth-order valence-corrected chi connectivity index (χ4v) is 0. The topological polar surface area (TPSA) is 0 Å². The fraction of sp³-hybridized carbons (Fsp3) is 0.333. The molecule has 0 aliphatic rings. The molecule has 0 heterocycles. The van der Waals surface area contributed by atoms with Crippen molar-refractivity contribution >= 4 is 0 Å². The van der Waals surface area contributed by atoms with Crippen molar-refractivity contribution in [2.24, 2.45) is 0 Å². The molecule has 1 heteroatoms. The summed E-state index contributed by atoms with van der Waals surface area (Å²) in [4.78, 5) is 0. The van der Waals surface area contributed by atoms with Crippen LogP contribution in [0, 0.1) is 0 Å². The van der Waals surface area contributed by atoms with Crippen LogP contribution in [-0.4, -0.2) is 0 Å². The van der Waals surface area contributed by atoms with Crippen molar-refractivity contribution < 1.29 is 21.1 Å². The number of hydrogen-bond donors (Lipinski definition) is 0. The van der Waals surface area contributed by atoms with Crippen LogP contribution >= 0.6 is 0 Å². The Bertz CT molecular complexity index is 17.2. The van der Waals surface area contributed by atoms with E-state index in [1.807, 2.05) is 6.08 Å². The van der Waals surface area contributed by atoms with Crippen LogP contribution in [0.25, 0.3) is 0 Å². The summed E-state index contributed by atoms with van der Waals surface area (Å²) in [5, 5.41) is 0. The second-order valence-corrected chi connectivity index (χ2v) is 1.30. The van der Waals surface area contributed by atoms with Gasteiger partial charge in [-0.3, -0.25) is 0 Å². The predicted octanol–water partition coefficient (Wildman–Crippen LogP) is 1.14. The zero-order chi connectivity index (χ0) is 3.41. The van der Waals surface area contributed by atoms with Gasteiger partial charge in [0.2, 0.25) is 0 Å². The molecule has 0 aliphatic heterocycles. The molecule has 0 aromatic heterocycles. The Balaban J connectivity index is 2.30. The third-order valence-electron chi connectivity index (χ3n) is 0.0870. The van der Waals surface area contributed by atoms with Gasteiger partial charge in [-0.25, -0.2) is 0 Å². The van der Waals surface area contributed by atoms with Crippen molar-refractivity contribution in [3.63, 3.8) is 0 Å². The molecular formula is C3H5Au. The van der Waals surface area contributed by atoms with Crippen molar-refractivity contribution in [3.8, 4) is 0 Å². The van der Waals surface area contributed by atoms with E-state index in [-0.39, 0.29) is 0 Å². The molecular weight excluding hydrogens is 233 g/mol. The normalized spacial score (nSPS) is 6.50. The first-order valence-corrected chi connectivity index (χ1v) is 2.56. The van der Waals surface area contributed by atoms with Crippen molar-refractivity contribution in [3.05, 3.63) is 12.7 Å². The average molecular weight is 238 g/mol. The summed E-state index contributed by atoms with van der Waals surface area (Å²) in [6.45, 7) is 3.47. The van der Waals surface area contributed by atoms with Gasteiger partial charge in [-0.1, -0.05) is 0 Å². The summed E-state index contributed by atoms with van der Waals surface area (Å²) in [5.74, 6) is 0. The molecule has 0 saturated heterocycles. The maximum absolute atomic E-state index is 3.47. The molecule has 0 bridgehead atoms. The van der Waals surface area contributed by atoms with E-state index in [9.17, 15) is 0 Å². The van der Waals surface area contributed by atoms with Gasteiger partial charge in [-0.2, -0.15) is 0 Å². The minimum absolute atomic E-state index is 1.03. The zero-order valence-corrected chi connectivity index (χ0v) is 4.46. The van der Waals surface area contributed by atoms with Gasteiger partial charge >= 0.3 is 38.4 Å². The molecule has 0 unspecified atom stereocenters. The molecule has 0 rings (SSSR count). The summed E-state index contributed by atoms with van der Waals surface area (Å²) in [6, 6.07) is 0. The van der Waals surface area contributed by atoms with E-state index in [1.54, 1.807) is 0 Å². The fourth-order valence-electron chi connectivity index (χ4n) is 0. The predicted molar refractivity (Wildman–Crippen MR) is 15.0 cm³/mol. The van der Waals surface area contributed by atoms with E-state index in [2.05, 4.69) is 27.6 Å². The first kappa shape index (κ1) is 4.48. The Hall–Kier alpha value is 0.480. The van der Waals surface area contributed by atoms with E-state index >= 15 is 0 Å². The maximum atomic E-state index is 3.47. The van der Waals surface area contributed by atoms with Gasteiger partial charge in [-0.15, -0.1) is 0 Å². The number of allylic oxidation sites excluding steroid dienone is 1. The summed E-state index contributed by atoms with van der Waals surface area (Å²) in [5.41, 5.74) is 0. The quantitative estimate of drug-likeness (QED) is 0.474. The van der Waals surface area contributed by atoms with Gasteiger partial charge in [0.25, 0.3) is 0 Å². The first-order chi connectivity index (χ1) is 1.91. The molecule has 4 heavy (non-hydrogen) atoms. The van der Waals surface area contributed by atoms with Gasteiger partial charge in [-0.05, 0) is 0 Å². The Morgan fingerprint density at radius 2 is 2.25 bits per heavy atom. The average Bonchev–Trinajstić information content (AvgIpc) is 1.37. The molecule has 0 radical (unpaired) electrons. The molecule has 0 atom stereocenters.